The number of carbonyl (C=O) groups excluding carboxylic acids is 1. The zero-order valence-electron chi connectivity index (χ0n) is 13.7. The minimum absolute atomic E-state index is 0.0491. The number of nitrogens with zero attached hydrogens (tertiary/aromatic N) is 2. The van der Waals surface area contributed by atoms with E-state index in [2.05, 4.69) is 38.4 Å². The summed E-state index contributed by atoms with van der Waals surface area (Å²) in [6, 6.07) is 7.78. The van der Waals surface area contributed by atoms with Crippen LogP contribution in [0.25, 0.3) is 0 Å². The highest BCUT2D eigenvalue weighted by atomic mass is 79.9. The molecule has 1 aliphatic heterocycles. The normalized spacial score (nSPS) is 20.4. The van der Waals surface area contributed by atoms with Crippen molar-refractivity contribution < 1.29 is 4.79 Å². The van der Waals surface area contributed by atoms with E-state index in [1.807, 2.05) is 29.2 Å². The molecular formula is C18H21BrN4O. The van der Waals surface area contributed by atoms with Gasteiger partial charge in [-0.15, -0.1) is 0 Å². The third-order valence-electron chi connectivity index (χ3n) is 5.17. The zero-order chi connectivity index (χ0) is 16.7. The number of benzene rings is 1. The Kier molecular flexibility index (Phi) is 4.08. The van der Waals surface area contributed by atoms with Crippen molar-refractivity contribution in [3.05, 3.63) is 45.7 Å². The summed E-state index contributed by atoms with van der Waals surface area (Å²) in [5.41, 5.74) is 4.43. The molecule has 1 fully saturated rings. The Balaban J connectivity index is 1.53. The number of aromatic nitrogens is 2. The third-order valence-corrected chi connectivity index (χ3v) is 5.67. The number of carbonyl (C=O) groups is 1. The summed E-state index contributed by atoms with van der Waals surface area (Å²) in [5, 5.41) is 10.8. The molecule has 1 aliphatic carbocycles. The number of amides is 2. The van der Waals surface area contributed by atoms with Crippen LogP contribution >= 0.6 is 15.9 Å². The van der Waals surface area contributed by atoms with Crippen LogP contribution in [0.15, 0.2) is 28.7 Å². The molecule has 2 aliphatic rings. The number of urea groups is 1. The highest BCUT2D eigenvalue weighted by Gasteiger charge is 2.33. The van der Waals surface area contributed by atoms with Gasteiger partial charge < -0.3 is 10.2 Å². The van der Waals surface area contributed by atoms with E-state index in [0.717, 1.165) is 16.6 Å². The predicted octanol–water partition coefficient (Wildman–Crippen LogP) is 4.42. The molecule has 2 N–H and O–H groups in total. The Morgan fingerprint density at radius 1 is 1.42 bits per heavy atom. The number of halogens is 1. The molecule has 1 aromatic carbocycles. The SMILES string of the molecule is CC1Cc2[nH]nc(C3CCC3)c2CN1C(=O)Nc1cccc(Br)c1. The van der Waals surface area contributed by atoms with Gasteiger partial charge in [0.1, 0.15) is 0 Å². The maximum Gasteiger partial charge on any atom is 0.322 e. The monoisotopic (exact) mass is 388 g/mol. The summed E-state index contributed by atoms with van der Waals surface area (Å²) in [6.45, 7) is 2.73. The van der Waals surface area contributed by atoms with Crippen LogP contribution in [0.1, 0.15) is 49.1 Å². The second-order valence-corrected chi connectivity index (χ2v) is 7.73. The van der Waals surface area contributed by atoms with Gasteiger partial charge in [0.25, 0.3) is 0 Å². The number of hydrogen-bond acceptors (Lipinski definition) is 2. The number of aromatic amines is 1. The first-order valence-electron chi connectivity index (χ1n) is 8.51. The molecule has 1 saturated carbocycles. The van der Waals surface area contributed by atoms with Gasteiger partial charge in [0.15, 0.2) is 0 Å². The van der Waals surface area contributed by atoms with Crippen molar-refractivity contribution in [3.8, 4) is 0 Å². The lowest BCUT2D eigenvalue weighted by molar-refractivity contribution is 0.181. The van der Waals surface area contributed by atoms with Gasteiger partial charge in [-0.05, 0) is 38.0 Å². The lowest BCUT2D eigenvalue weighted by Crippen LogP contribution is -2.45. The maximum absolute atomic E-state index is 12.8. The van der Waals surface area contributed by atoms with Gasteiger partial charge in [0.05, 0.1) is 12.2 Å². The van der Waals surface area contributed by atoms with Crippen LogP contribution in [0.4, 0.5) is 10.5 Å². The summed E-state index contributed by atoms with van der Waals surface area (Å²) in [5.74, 6) is 0.577. The summed E-state index contributed by atoms with van der Waals surface area (Å²) < 4.78 is 0.955. The van der Waals surface area contributed by atoms with Crippen molar-refractivity contribution in [2.75, 3.05) is 5.32 Å². The Bertz CT molecular complexity index is 768. The van der Waals surface area contributed by atoms with Gasteiger partial charge in [0.2, 0.25) is 0 Å². The Labute approximate surface area is 149 Å². The molecule has 0 radical (unpaired) electrons. The molecule has 0 saturated heterocycles. The third kappa shape index (κ3) is 2.83. The van der Waals surface area contributed by atoms with E-state index in [1.165, 1.54) is 36.2 Å². The molecule has 5 nitrogen and oxygen atoms in total. The molecule has 1 aromatic heterocycles. The number of hydrogen-bond donors (Lipinski definition) is 2. The van der Waals surface area contributed by atoms with Gasteiger partial charge in [-0.3, -0.25) is 5.10 Å². The standard InChI is InChI=1S/C18H21BrN4O/c1-11-8-16-15(17(22-21-16)12-4-2-5-12)10-23(11)18(24)20-14-7-3-6-13(19)9-14/h3,6-7,9,11-12H,2,4-5,8,10H2,1H3,(H,20,24)(H,21,22). The molecule has 0 bridgehead atoms. The topological polar surface area (TPSA) is 61.0 Å². The van der Waals surface area contributed by atoms with Crippen molar-refractivity contribution in [3.63, 3.8) is 0 Å². The fraction of sp³-hybridized carbons (Fsp3) is 0.444. The van der Waals surface area contributed by atoms with E-state index in [4.69, 9.17) is 0 Å². The molecule has 1 unspecified atom stereocenters. The van der Waals surface area contributed by atoms with Gasteiger partial charge in [-0.2, -0.15) is 5.10 Å². The van der Waals surface area contributed by atoms with Crippen molar-refractivity contribution in [2.24, 2.45) is 0 Å². The summed E-state index contributed by atoms with van der Waals surface area (Å²) >= 11 is 3.44. The largest absolute Gasteiger partial charge is 0.322 e. The minimum Gasteiger partial charge on any atom is -0.317 e. The summed E-state index contributed by atoms with van der Waals surface area (Å²) in [6.07, 6.45) is 4.56. The lowest BCUT2D eigenvalue weighted by Gasteiger charge is -2.34. The first-order valence-corrected chi connectivity index (χ1v) is 9.30. The number of fused-ring (bicyclic) bond motifs is 1. The van der Waals surface area contributed by atoms with Gasteiger partial charge in [0, 0.05) is 39.8 Å². The summed E-state index contributed by atoms with van der Waals surface area (Å²) in [7, 11) is 0. The van der Waals surface area contributed by atoms with Crippen molar-refractivity contribution in [1.82, 2.24) is 15.1 Å². The molecule has 4 rings (SSSR count). The summed E-state index contributed by atoms with van der Waals surface area (Å²) in [4.78, 5) is 14.7. The zero-order valence-corrected chi connectivity index (χ0v) is 15.3. The van der Waals surface area contributed by atoms with E-state index in [-0.39, 0.29) is 12.1 Å². The van der Waals surface area contributed by atoms with Gasteiger partial charge >= 0.3 is 6.03 Å². The van der Waals surface area contributed by atoms with Crippen LogP contribution in [0, 0.1) is 0 Å². The smallest absolute Gasteiger partial charge is 0.317 e. The molecule has 126 valence electrons. The number of anilines is 1. The molecule has 2 heterocycles. The minimum atomic E-state index is -0.0491. The van der Waals surface area contributed by atoms with Crippen LogP contribution in [0.5, 0.6) is 0 Å². The molecule has 0 spiro atoms. The molecular weight excluding hydrogens is 368 g/mol. The van der Waals surface area contributed by atoms with Crippen molar-refractivity contribution in [1.29, 1.82) is 0 Å². The highest BCUT2D eigenvalue weighted by molar-refractivity contribution is 9.10. The fourth-order valence-electron chi connectivity index (χ4n) is 3.55. The highest BCUT2D eigenvalue weighted by Crippen LogP contribution is 2.39. The van der Waals surface area contributed by atoms with Crippen LogP contribution < -0.4 is 5.32 Å². The van der Waals surface area contributed by atoms with Crippen molar-refractivity contribution >= 4 is 27.6 Å². The quantitative estimate of drug-likeness (QED) is 0.799. The molecule has 2 amide bonds. The van der Waals surface area contributed by atoms with Gasteiger partial charge in [-0.1, -0.05) is 28.4 Å². The fourth-order valence-corrected chi connectivity index (χ4v) is 3.95. The van der Waals surface area contributed by atoms with E-state index in [1.54, 1.807) is 0 Å². The van der Waals surface area contributed by atoms with Crippen LogP contribution in [-0.4, -0.2) is 27.2 Å². The number of rotatable bonds is 2. The molecule has 2 aromatic rings. The van der Waals surface area contributed by atoms with E-state index in [0.29, 0.717) is 12.5 Å². The average Bonchev–Trinajstić information content (AvgIpc) is 2.87. The van der Waals surface area contributed by atoms with E-state index in [9.17, 15) is 4.79 Å². The molecule has 24 heavy (non-hydrogen) atoms. The number of H-pyrrole nitrogens is 1. The second-order valence-electron chi connectivity index (χ2n) is 6.82. The lowest BCUT2D eigenvalue weighted by atomic mass is 9.80. The first kappa shape index (κ1) is 15.7. The predicted molar refractivity (Wildman–Crippen MR) is 97.0 cm³/mol. The van der Waals surface area contributed by atoms with Crippen LogP contribution in [-0.2, 0) is 13.0 Å². The van der Waals surface area contributed by atoms with E-state index >= 15 is 0 Å². The van der Waals surface area contributed by atoms with E-state index < -0.39 is 0 Å². The number of nitrogens with one attached hydrogen (secondary N) is 2. The molecule has 6 heteroatoms. The van der Waals surface area contributed by atoms with Crippen LogP contribution in [0.3, 0.4) is 0 Å². The molecule has 1 atom stereocenters. The maximum atomic E-state index is 12.8. The van der Waals surface area contributed by atoms with Gasteiger partial charge in [-0.25, -0.2) is 4.79 Å². The average molecular weight is 389 g/mol. The second kappa shape index (κ2) is 6.24. The van der Waals surface area contributed by atoms with Crippen molar-refractivity contribution in [2.45, 2.75) is 51.1 Å². The Hall–Kier alpha value is -1.82. The Morgan fingerprint density at radius 3 is 2.96 bits per heavy atom. The first-order chi connectivity index (χ1) is 11.6. The Morgan fingerprint density at radius 2 is 2.25 bits per heavy atom. The van der Waals surface area contributed by atoms with Crippen LogP contribution in [0.2, 0.25) is 0 Å².